The Kier molecular flexibility index (Phi) is 9.97. The molecule has 0 bridgehead atoms. The molecular formula is C26H40N6O. The average Bonchev–Trinajstić information content (AvgIpc) is 2.80. The molecule has 7 heteroatoms. The number of anilines is 2. The molecule has 1 aromatic carbocycles. The van der Waals surface area contributed by atoms with E-state index in [0.29, 0.717) is 18.3 Å². The SMILES string of the molecule is CCCN(CCC)c1cc(N/N=C/c2cccc(C)c2)nc(OCCN2CCN(C)CC2)c1. The predicted molar refractivity (Wildman–Crippen MR) is 139 cm³/mol. The third kappa shape index (κ3) is 8.33. The maximum absolute atomic E-state index is 6.12. The van der Waals surface area contributed by atoms with Crippen molar-refractivity contribution in [3.8, 4) is 5.88 Å². The van der Waals surface area contributed by atoms with Gasteiger partial charge in [0.2, 0.25) is 5.88 Å². The van der Waals surface area contributed by atoms with Crippen molar-refractivity contribution in [3.05, 3.63) is 47.5 Å². The third-order valence-electron chi connectivity index (χ3n) is 5.83. The molecule has 2 heterocycles. The Balaban J connectivity index is 1.69. The summed E-state index contributed by atoms with van der Waals surface area (Å²) in [5, 5.41) is 4.42. The van der Waals surface area contributed by atoms with Crippen molar-refractivity contribution < 1.29 is 4.74 Å². The number of hydrogen-bond donors (Lipinski definition) is 1. The van der Waals surface area contributed by atoms with Gasteiger partial charge in [0.25, 0.3) is 0 Å². The molecule has 7 nitrogen and oxygen atoms in total. The molecule has 33 heavy (non-hydrogen) atoms. The molecule has 0 spiro atoms. The first-order valence-corrected chi connectivity index (χ1v) is 12.2. The Morgan fingerprint density at radius 2 is 1.85 bits per heavy atom. The van der Waals surface area contributed by atoms with E-state index in [4.69, 9.17) is 4.74 Å². The number of likely N-dealkylation sites (N-methyl/N-ethyl adjacent to an activating group) is 1. The summed E-state index contributed by atoms with van der Waals surface area (Å²) < 4.78 is 6.12. The highest BCUT2D eigenvalue weighted by Gasteiger charge is 2.14. The molecule has 0 radical (unpaired) electrons. The number of ether oxygens (including phenoxy) is 1. The standard InChI is InChI=1S/C26H40N6O/c1-5-10-32(11-6-2)24-19-25(29-27-21-23-9-7-8-22(3)18-23)28-26(20-24)33-17-16-31-14-12-30(4)13-15-31/h7-9,18-21H,5-6,10-17H2,1-4H3,(H,28,29)/b27-21+. The summed E-state index contributed by atoms with van der Waals surface area (Å²) in [5.41, 5.74) is 6.50. The summed E-state index contributed by atoms with van der Waals surface area (Å²) in [6.07, 6.45) is 4.01. The Morgan fingerprint density at radius 1 is 1.09 bits per heavy atom. The summed E-state index contributed by atoms with van der Waals surface area (Å²) in [4.78, 5) is 11.9. The molecule has 1 aromatic heterocycles. The second kappa shape index (κ2) is 13.2. The number of rotatable bonds is 12. The van der Waals surface area contributed by atoms with E-state index in [0.717, 1.165) is 69.9 Å². The van der Waals surface area contributed by atoms with E-state index in [1.54, 1.807) is 0 Å². The van der Waals surface area contributed by atoms with Gasteiger partial charge in [0.1, 0.15) is 6.61 Å². The molecule has 1 saturated heterocycles. The molecule has 180 valence electrons. The first kappa shape index (κ1) is 25.0. The monoisotopic (exact) mass is 452 g/mol. The van der Waals surface area contributed by atoms with Gasteiger partial charge in [-0.05, 0) is 32.4 Å². The molecule has 1 fully saturated rings. The molecule has 1 aliphatic heterocycles. The lowest BCUT2D eigenvalue weighted by atomic mass is 10.2. The average molecular weight is 453 g/mol. The number of aryl methyl sites for hydroxylation is 1. The minimum Gasteiger partial charge on any atom is -0.476 e. The Bertz CT molecular complexity index is 873. The lowest BCUT2D eigenvalue weighted by molar-refractivity contribution is 0.132. The van der Waals surface area contributed by atoms with Crippen LogP contribution < -0.4 is 15.1 Å². The van der Waals surface area contributed by atoms with Gasteiger partial charge in [0, 0.05) is 63.6 Å². The van der Waals surface area contributed by atoms with Gasteiger partial charge in [-0.15, -0.1) is 0 Å². The van der Waals surface area contributed by atoms with E-state index >= 15 is 0 Å². The third-order valence-corrected chi connectivity index (χ3v) is 5.83. The molecule has 0 unspecified atom stereocenters. The van der Waals surface area contributed by atoms with E-state index in [9.17, 15) is 0 Å². The van der Waals surface area contributed by atoms with Crippen LogP contribution in [0.15, 0.2) is 41.5 Å². The highest BCUT2D eigenvalue weighted by Crippen LogP contribution is 2.24. The lowest BCUT2D eigenvalue weighted by Gasteiger charge is -2.32. The molecular weight excluding hydrogens is 412 g/mol. The van der Waals surface area contributed by atoms with Crippen LogP contribution in [0.3, 0.4) is 0 Å². The predicted octanol–water partition coefficient (Wildman–Crippen LogP) is 4.09. The van der Waals surface area contributed by atoms with E-state index in [2.05, 4.69) is 82.3 Å². The normalized spacial score (nSPS) is 15.2. The first-order chi connectivity index (χ1) is 16.1. The summed E-state index contributed by atoms with van der Waals surface area (Å²) in [7, 11) is 2.18. The largest absolute Gasteiger partial charge is 0.476 e. The number of nitrogens with zero attached hydrogens (tertiary/aromatic N) is 5. The zero-order valence-electron chi connectivity index (χ0n) is 20.8. The molecule has 1 aliphatic rings. The van der Waals surface area contributed by atoms with Crippen molar-refractivity contribution in [2.24, 2.45) is 5.10 Å². The fourth-order valence-electron chi connectivity index (χ4n) is 3.99. The fourth-order valence-corrected chi connectivity index (χ4v) is 3.99. The number of nitrogens with one attached hydrogen (secondary N) is 1. The smallest absolute Gasteiger partial charge is 0.217 e. The summed E-state index contributed by atoms with van der Waals surface area (Å²) in [6.45, 7) is 14.5. The molecule has 0 aliphatic carbocycles. The van der Waals surface area contributed by atoms with Crippen LogP contribution in [0.25, 0.3) is 0 Å². The first-order valence-electron chi connectivity index (χ1n) is 12.2. The van der Waals surface area contributed by atoms with Gasteiger partial charge in [-0.25, -0.2) is 0 Å². The molecule has 1 N–H and O–H groups in total. The van der Waals surface area contributed by atoms with Crippen LogP contribution in [0.1, 0.15) is 37.8 Å². The maximum atomic E-state index is 6.12. The van der Waals surface area contributed by atoms with Crippen molar-refractivity contribution in [1.82, 2.24) is 14.8 Å². The Hall–Kier alpha value is -2.64. The minimum absolute atomic E-state index is 0.633. The number of piperazine rings is 1. The second-order valence-corrected chi connectivity index (χ2v) is 8.81. The van der Waals surface area contributed by atoms with E-state index in [1.807, 2.05) is 18.3 Å². The van der Waals surface area contributed by atoms with Crippen LogP contribution in [0.5, 0.6) is 5.88 Å². The molecule has 0 saturated carbocycles. The molecule has 3 rings (SSSR count). The van der Waals surface area contributed by atoms with E-state index < -0.39 is 0 Å². The van der Waals surface area contributed by atoms with Crippen molar-refractivity contribution >= 4 is 17.7 Å². The van der Waals surface area contributed by atoms with Crippen molar-refractivity contribution in [1.29, 1.82) is 0 Å². The summed E-state index contributed by atoms with van der Waals surface area (Å²) in [5.74, 6) is 1.34. The summed E-state index contributed by atoms with van der Waals surface area (Å²) >= 11 is 0. The van der Waals surface area contributed by atoms with Crippen LogP contribution in [-0.2, 0) is 0 Å². The second-order valence-electron chi connectivity index (χ2n) is 8.81. The maximum Gasteiger partial charge on any atom is 0.217 e. The van der Waals surface area contributed by atoms with Crippen molar-refractivity contribution in [3.63, 3.8) is 0 Å². The number of hydrogen-bond acceptors (Lipinski definition) is 7. The molecule has 0 atom stereocenters. The van der Waals surface area contributed by atoms with Crippen molar-refractivity contribution in [2.75, 3.05) is 69.8 Å². The molecule has 2 aromatic rings. The zero-order chi connectivity index (χ0) is 23.5. The quantitative estimate of drug-likeness (QED) is 0.387. The van der Waals surface area contributed by atoms with Gasteiger partial charge in [0.05, 0.1) is 6.21 Å². The van der Waals surface area contributed by atoms with Crippen LogP contribution in [-0.4, -0.2) is 80.5 Å². The fraction of sp³-hybridized carbons (Fsp3) is 0.538. The van der Waals surface area contributed by atoms with E-state index in [-0.39, 0.29) is 0 Å². The van der Waals surface area contributed by atoms with E-state index in [1.165, 1.54) is 5.56 Å². The zero-order valence-corrected chi connectivity index (χ0v) is 20.8. The number of hydrazone groups is 1. The minimum atomic E-state index is 0.633. The highest BCUT2D eigenvalue weighted by atomic mass is 16.5. The van der Waals surface area contributed by atoms with Gasteiger partial charge >= 0.3 is 0 Å². The topological polar surface area (TPSA) is 56.2 Å². The summed E-state index contributed by atoms with van der Waals surface area (Å²) in [6, 6.07) is 12.4. The van der Waals surface area contributed by atoms with Crippen LogP contribution in [0.2, 0.25) is 0 Å². The Labute approximate surface area is 199 Å². The number of pyridine rings is 1. The Morgan fingerprint density at radius 3 is 2.55 bits per heavy atom. The van der Waals surface area contributed by atoms with Gasteiger partial charge in [-0.3, -0.25) is 10.3 Å². The van der Waals surface area contributed by atoms with Crippen LogP contribution in [0, 0.1) is 6.92 Å². The van der Waals surface area contributed by atoms with Gasteiger partial charge in [-0.2, -0.15) is 10.1 Å². The number of aromatic nitrogens is 1. The van der Waals surface area contributed by atoms with Gasteiger partial charge in [-0.1, -0.05) is 43.7 Å². The van der Waals surface area contributed by atoms with Crippen LogP contribution >= 0.6 is 0 Å². The number of benzene rings is 1. The van der Waals surface area contributed by atoms with Gasteiger partial charge in [0.15, 0.2) is 5.82 Å². The highest BCUT2D eigenvalue weighted by molar-refractivity contribution is 5.80. The van der Waals surface area contributed by atoms with Crippen molar-refractivity contribution in [2.45, 2.75) is 33.6 Å². The molecule has 0 amide bonds. The lowest BCUT2D eigenvalue weighted by Crippen LogP contribution is -2.45. The van der Waals surface area contributed by atoms with Crippen LogP contribution in [0.4, 0.5) is 11.5 Å². The van der Waals surface area contributed by atoms with Gasteiger partial charge < -0.3 is 14.5 Å².